The highest BCUT2D eigenvalue weighted by molar-refractivity contribution is 5.50. The van der Waals surface area contributed by atoms with E-state index in [0.29, 0.717) is 0 Å². The lowest BCUT2D eigenvalue weighted by Crippen LogP contribution is -2.20. The molecule has 0 unspecified atom stereocenters. The van der Waals surface area contributed by atoms with E-state index >= 15 is 0 Å². The molecule has 0 amide bonds. The third-order valence-electron chi connectivity index (χ3n) is 4.00. The summed E-state index contributed by atoms with van der Waals surface area (Å²) in [6.07, 6.45) is 5.51. The summed E-state index contributed by atoms with van der Waals surface area (Å²) in [5.41, 5.74) is 5.02. The molecule has 4 nitrogen and oxygen atoms in total. The summed E-state index contributed by atoms with van der Waals surface area (Å²) < 4.78 is 1.59. The Balaban J connectivity index is 1.86. The van der Waals surface area contributed by atoms with E-state index in [0.717, 1.165) is 48.2 Å². The van der Waals surface area contributed by atoms with Crippen LogP contribution in [0.2, 0.25) is 0 Å². The molecule has 1 N–H and O–H groups in total. The quantitative estimate of drug-likeness (QED) is 0.771. The first kappa shape index (κ1) is 11.5. The second kappa shape index (κ2) is 4.34. The lowest BCUT2D eigenvalue weighted by atomic mass is 10.1. The summed E-state index contributed by atoms with van der Waals surface area (Å²) in [6.45, 7) is 0. The highest BCUT2D eigenvalue weighted by Crippen LogP contribution is 2.19. The van der Waals surface area contributed by atoms with Crippen LogP contribution in [0.1, 0.15) is 28.8 Å². The number of fused-ring (bicyclic) bond motifs is 2. The van der Waals surface area contributed by atoms with Crippen LogP contribution >= 0.6 is 0 Å². The zero-order valence-corrected chi connectivity index (χ0v) is 11.1. The number of H-pyrrole nitrogens is 1. The Morgan fingerprint density at radius 3 is 2.90 bits per heavy atom. The van der Waals surface area contributed by atoms with Crippen molar-refractivity contribution in [1.29, 1.82) is 0 Å². The molecule has 0 spiro atoms. The molecular weight excluding hydrogens is 250 g/mol. The Morgan fingerprint density at radius 1 is 1.20 bits per heavy atom. The first-order chi connectivity index (χ1) is 9.83. The molecule has 0 aliphatic heterocycles. The molecule has 0 saturated heterocycles. The number of rotatable bonds is 2. The van der Waals surface area contributed by atoms with Gasteiger partial charge < -0.3 is 0 Å². The largest absolute Gasteiger partial charge is 0.297 e. The molecule has 20 heavy (non-hydrogen) atoms. The van der Waals surface area contributed by atoms with E-state index < -0.39 is 0 Å². The van der Waals surface area contributed by atoms with Crippen LogP contribution in [0.25, 0.3) is 5.65 Å². The first-order valence-electron chi connectivity index (χ1n) is 6.97. The molecule has 100 valence electrons. The van der Waals surface area contributed by atoms with Gasteiger partial charge in [0.1, 0.15) is 0 Å². The highest BCUT2D eigenvalue weighted by atomic mass is 16.1. The fraction of sp³-hybridized carbons (Fsp3) is 0.250. The molecule has 3 aromatic rings. The second-order valence-corrected chi connectivity index (χ2v) is 5.32. The number of hydrogen-bond acceptors (Lipinski definition) is 2. The molecule has 0 atom stereocenters. The van der Waals surface area contributed by atoms with Crippen LogP contribution in [-0.2, 0) is 19.3 Å². The maximum absolute atomic E-state index is 12.4. The van der Waals surface area contributed by atoms with E-state index in [2.05, 4.69) is 17.2 Å². The van der Waals surface area contributed by atoms with Crippen LogP contribution < -0.4 is 5.56 Å². The number of nitrogens with one attached hydrogen (secondary N) is 1. The van der Waals surface area contributed by atoms with Crippen molar-refractivity contribution < 1.29 is 0 Å². The molecule has 0 fully saturated rings. The van der Waals surface area contributed by atoms with E-state index in [4.69, 9.17) is 4.98 Å². The Bertz CT molecular complexity index is 830. The minimum Gasteiger partial charge on any atom is -0.297 e. The van der Waals surface area contributed by atoms with E-state index in [9.17, 15) is 4.79 Å². The van der Waals surface area contributed by atoms with Crippen LogP contribution in [0, 0.1) is 0 Å². The monoisotopic (exact) mass is 265 g/mol. The number of aromatic amines is 1. The normalized spacial score (nSPS) is 13.8. The Morgan fingerprint density at radius 2 is 2.05 bits per heavy atom. The van der Waals surface area contributed by atoms with E-state index in [-0.39, 0.29) is 5.56 Å². The summed E-state index contributed by atoms with van der Waals surface area (Å²) >= 11 is 0. The number of aromatic nitrogens is 3. The zero-order valence-electron chi connectivity index (χ0n) is 11.1. The van der Waals surface area contributed by atoms with Gasteiger partial charge in [0.2, 0.25) is 0 Å². The van der Waals surface area contributed by atoms with Crippen LogP contribution in [0.4, 0.5) is 0 Å². The average Bonchev–Trinajstić information content (AvgIpc) is 3.08. The van der Waals surface area contributed by atoms with Crippen molar-refractivity contribution in [2.75, 3.05) is 0 Å². The van der Waals surface area contributed by atoms with Crippen LogP contribution in [0.5, 0.6) is 0 Å². The Kier molecular flexibility index (Phi) is 2.49. The zero-order chi connectivity index (χ0) is 13.5. The molecule has 2 heterocycles. The standard InChI is InChI=1S/C16H15N3O/c20-16-13-7-4-8-14(13)18-15-12(10-17-19(15)16)9-11-5-2-1-3-6-11/h1-3,5-6,10,17H,4,7-9H2. The van der Waals surface area contributed by atoms with Crippen molar-refractivity contribution in [2.45, 2.75) is 25.7 Å². The van der Waals surface area contributed by atoms with E-state index in [1.54, 1.807) is 4.52 Å². The molecule has 0 radical (unpaired) electrons. The highest BCUT2D eigenvalue weighted by Gasteiger charge is 2.19. The van der Waals surface area contributed by atoms with Gasteiger partial charge in [0.05, 0.1) is 5.69 Å². The summed E-state index contributed by atoms with van der Waals surface area (Å²) in [5.74, 6) is 0. The van der Waals surface area contributed by atoms with E-state index in [1.165, 1.54) is 5.56 Å². The minimum atomic E-state index is 0.0711. The van der Waals surface area contributed by atoms with Crippen molar-refractivity contribution in [3.8, 4) is 0 Å². The molecular formula is C16H15N3O. The Labute approximate surface area is 116 Å². The van der Waals surface area contributed by atoms with Gasteiger partial charge in [0, 0.05) is 23.7 Å². The Hall–Kier alpha value is -2.36. The van der Waals surface area contributed by atoms with Gasteiger partial charge in [0.15, 0.2) is 5.65 Å². The van der Waals surface area contributed by atoms with Crippen molar-refractivity contribution in [3.63, 3.8) is 0 Å². The minimum absolute atomic E-state index is 0.0711. The lowest BCUT2D eigenvalue weighted by Gasteiger charge is -2.02. The van der Waals surface area contributed by atoms with Crippen molar-refractivity contribution >= 4 is 5.65 Å². The van der Waals surface area contributed by atoms with Gasteiger partial charge in [-0.1, -0.05) is 30.3 Å². The topological polar surface area (TPSA) is 50.2 Å². The molecule has 0 saturated carbocycles. The van der Waals surface area contributed by atoms with E-state index in [1.807, 2.05) is 24.4 Å². The van der Waals surface area contributed by atoms with Gasteiger partial charge in [0.25, 0.3) is 5.56 Å². The number of benzene rings is 1. The summed E-state index contributed by atoms with van der Waals surface area (Å²) in [6, 6.07) is 10.3. The number of nitrogens with zero attached hydrogens (tertiary/aromatic N) is 2. The molecule has 4 rings (SSSR count). The summed E-state index contributed by atoms with van der Waals surface area (Å²) in [7, 11) is 0. The fourth-order valence-electron chi connectivity index (χ4n) is 2.98. The van der Waals surface area contributed by atoms with Gasteiger partial charge in [-0.2, -0.15) is 0 Å². The van der Waals surface area contributed by atoms with Gasteiger partial charge >= 0.3 is 0 Å². The van der Waals surface area contributed by atoms with Crippen LogP contribution in [-0.4, -0.2) is 14.6 Å². The molecule has 4 heteroatoms. The maximum atomic E-state index is 12.4. The predicted octanol–water partition coefficient (Wildman–Crippen LogP) is 2.10. The van der Waals surface area contributed by atoms with Gasteiger partial charge in [-0.15, -0.1) is 0 Å². The van der Waals surface area contributed by atoms with Crippen molar-refractivity contribution in [1.82, 2.24) is 14.6 Å². The third kappa shape index (κ3) is 1.68. The SMILES string of the molecule is O=c1c2c(nc3c(Cc4ccccc4)c[nH]n13)CCC2. The number of hydrogen-bond donors (Lipinski definition) is 1. The fourth-order valence-corrected chi connectivity index (χ4v) is 2.98. The van der Waals surface area contributed by atoms with Crippen molar-refractivity contribution in [2.24, 2.45) is 0 Å². The molecule has 1 aromatic carbocycles. The van der Waals surface area contributed by atoms with Crippen LogP contribution in [0.3, 0.4) is 0 Å². The van der Waals surface area contributed by atoms with Gasteiger partial charge in [-0.3, -0.25) is 9.89 Å². The average molecular weight is 265 g/mol. The maximum Gasteiger partial charge on any atom is 0.276 e. The predicted molar refractivity (Wildman–Crippen MR) is 77.1 cm³/mol. The smallest absolute Gasteiger partial charge is 0.276 e. The summed E-state index contributed by atoms with van der Waals surface area (Å²) in [5, 5.41) is 3.05. The number of aryl methyl sites for hydroxylation is 1. The van der Waals surface area contributed by atoms with Crippen LogP contribution in [0.15, 0.2) is 41.3 Å². The third-order valence-corrected chi connectivity index (χ3v) is 4.00. The first-order valence-corrected chi connectivity index (χ1v) is 6.97. The van der Waals surface area contributed by atoms with Gasteiger partial charge in [-0.05, 0) is 24.8 Å². The lowest BCUT2D eigenvalue weighted by molar-refractivity contribution is 0.870. The summed E-state index contributed by atoms with van der Waals surface area (Å²) in [4.78, 5) is 17.1. The van der Waals surface area contributed by atoms with Crippen molar-refractivity contribution in [3.05, 3.63) is 69.3 Å². The second-order valence-electron chi connectivity index (χ2n) is 5.32. The molecule has 1 aliphatic rings. The van der Waals surface area contributed by atoms with Gasteiger partial charge in [-0.25, -0.2) is 9.50 Å². The molecule has 1 aliphatic carbocycles. The molecule has 2 aromatic heterocycles. The molecule has 0 bridgehead atoms.